The van der Waals surface area contributed by atoms with Crippen molar-refractivity contribution in [3.63, 3.8) is 0 Å². The van der Waals surface area contributed by atoms with E-state index in [1.54, 1.807) is 0 Å². The summed E-state index contributed by atoms with van der Waals surface area (Å²) < 4.78 is 37.2. The molecule has 13 heavy (non-hydrogen) atoms. The number of hydrogen-bond acceptors (Lipinski definition) is 1. The topological polar surface area (TPSA) is 26.0 Å². The van der Waals surface area contributed by atoms with Crippen molar-refractivity contribution in [3.05, 3.63) is 0 Å². The Hall–Kier alpha value is 0.0400. The molecule has 4 atom stereocenters. The smallest absolute Gasteiger partial charge is 0.327 e. The van der Waals surface area contributed by atoms with Crippen LogP contribution in [0.25, 0.3) is 0 Å². The van der Waals surface area contributed by atoms with Crippen LogP contribution in [-0.2, 0) is 0 Å². The Morgan fingerprint density at radius 1 is 1.08 bits per heavy atom. The van der Waals surface area contributed by atoms with Crippen LogP contribution in [0.4, 0.5) is 13.2 Å². The highest BCUT2D eigenvalue weighted by Gasteiger charge is 2.57. The Morgan fingerprint density at radius 3 is 1.92 bits per heavy atom. The van der Waals surface area contributed by atoms with E-state index in [0.29, 0.717) is 6.42 Å². The lowest BCUT2D eigenvalue weighted by Crippen LogP contribution is -2.43. The molecule has 0 unspecified atom stereocenters. The van der Waals surface area contributed by atoms with E-state index in [1.165, 1.54) is 0 Å². The first-order chi connectivity index (χ1) is 5.50. The maximum absolute atomic E-state index is 12.4. The second kappa shape index (κ2) is 3.31. The fourth-order valence-corrected chi connectivity index (χ4v) is 2.82. The fourth-order valence-electron chi connectivity index (χ4n) is 2.82. The van der Waals surface area contributed by atoms with Crippen molar-refractivity contribution in [2.45, 2.75) is 31.5 Å². The first kappa shape index (κ1) is 11.1. The van der Waals surface area contributed by atoms with Crippen molar-refractivity contribution in [3.8, 4) is 0 Å². The first-order valence-corrected chi connectivity index (χ1v) is 4.32. The third-order valence-electron chi connectivity index (χ3n) is 3.36. The van der Waals surface area contributed by atoms with Gasteiger partial charge < -0.3 is 5.73 Å². The number of alkyl halides is 3. The van der Waals surface area contributed by atoms with Gasteiger partial charge in [0.2, 0.25) is 0 Å². The van der Waals surface area contributed by atoms with E-state index in [9.17, 15) is 13.2 Å². The van der Waals surface area contributed by atoms with Gasteiger partial charge in [-0.1, -0.05) is 0 Å². The Morgan fingerprint density at radius 2 is 1.62 bits per heavy atom. The van der Waals surface area contributed by atoms with Gasteiger partial charge in [0.05, 0.1) is 5.92 Å². The summed E-state index contributed by atoms with van der Waals surface area (Å²) in [7, 11) is 0. The molecule has 0 aromatic rings. The predicted octanol–water partition coefficient (Wildman–Crippen LogP) is 2.34. The Labute approximate surface area is 81.3 Å². The zero-order chi connectivity index (χ0) is 8.93. The highest BCUT2D eigenvalue weighted by molar-refractivity contribution is 5.85. The molecule has 0 spiro atoms. The van der Waals surface area contributed by atoms with Gasteiger partial charge in [-0.25, -0.2) is 0 Å². The lowest BCUT2D eigenvalue weighted by atomic mass is 9.84. The van der Waals surface area contributed by atoms with Crippen LogP contribution in [-0.4, -0.2) is 12.2 Å². The van der Waals surface area contributed by atoms with Gasteiger partial charge in [0.25, 0.3) is 0 Å². The molecule has 2 rings (SSSR count). The highest BCUT2D eigenvalue weighted by Crippen LogP contribution is 2.53. The Kier molecular flexibility index (Phi) is 2.83. The molecule has 0 aliphatic heterocycles. The van der Waals surface area contributed by atoms with Crippen LogP contribution in [0.3, 0.4) is 0 Å². The number of halogens is 4. The van der Waals surface area contributed by atoms with Gasteiger partial charge in [0.1, 0.15) is 0 Å². The summed E-state index contributed by atoms with van der Waals surface area (Å²) in [5.74, 6) is -1.25. The zero-order valence-electron chi connectivity index (χ0n) is 7.05. The van der Waals surface area contributed by atoms with E-state index in [4.69, 9.17) is 5.73 Å². The monoisotopic (exact) mass is 215 g/mol. The second-order valence-electron chi connectivity index (χ2n) is 3.98. The Balaban J connectivity index is 0.000000845. The number of nitrogens with two attached hydrogens (primary N) is 1. The van der Waals surface area contributed by atoms with E-state index in [1.807, 2.05) is 0 Å². The molecule has 0 radical (unpaired) electrons. The van der Waals surface area contributed by atoms with E-state index < -0.39 is 18.1 Å². The predicted molar refractivity (Wildman–Crippen MR) is 45.6 cm³/mol. The molecule has 2 fully saturated rings. The van der Waals surface area contributed by atoms with Crippen LogP contribution >= 0.6 is 12.4 Å². The molecule has 2 N–H and O–H groups in total. The molecule has 2 saturated carbocycles. The lowest BCUT2D eigenvalue weighted by Gasteiger charge is -2.29. The molecule has 78 valence electrons. The van der Waals surface area contributed by atoms with Crippen LogP contribution in [0, 0.1) is 17.8 Å². The van der Waals surface area contributed by atoms with Crippen molar-refractivity contribution in [2.24, 2.45) is 23.5 Å². The minimum absolute atomic E-state index is 0. The maximum Gasteiger partial charge on any atom is 0.393 e. The van der Waals surface area contributed by atoms with Crippen LogP contribution in [0.5, 0.6) is 0 Å². The first-order valence-electron chi connectivity index (χ1n) is 4.32. The minimum Gasteiger partial charge on any atom is -0.327 e. The number of rotatable bonds is 0. The molecule has 2 aliphatic rings. The summed E-state index contributed by atoms with van der Waals surface area (Å²) in [5, 5.41) is 0. The van der Waals surface area contributed by atoms with Gasteiger partial charge >= 0.3 is 6.18 Å². The average molecular weight is 216 g/mol. The molecule has 0 heterocycles. The van der Waals surface area contributed by atoms with E-state index >= 15 is 0 Å². The van der Waals surface area contributed by atoms with Crippen molar-refractivity contribution < 1.29 is 13.2 Å². The molecule has 0 amide bonds. The van der Waals surface area contributed by atoms with Gasteiger partial charge in [-0.05, 0) is 31.1 Å². The standard InChI is InChI=1S/C8H12F3N.ClH/c9-8(10,11)6-4-1-2-5(3-4)7(6)12;/h4-7H,1-3,12H2;1H/t4-,5+,6-,7-;/m0./s1. The van der Waals surface area contributed by atoms with E-state index in [0.717, 1.165) is 12.8 Å². The molecule has 2 bridgehead atoms. The van der Waals surface area contributed by atoms with Gasteiger partial charge in [0.15, 0.2) is 0 Å². The van der Waals surface area contributed by atoms with Gasteiger partial charge in [0, 0.05) is 6.04 Å². The molecular weight excluding hydrogens is 203 g/mol. The van der Waals surface area contributed by atoms with E-state index in [2.05, 4.69) is 0 Å². The number of fused-ring (bicyclic) bond motifs is 2. The summed E-state index contributed by atoms with van der Waals surface area (Å²) in [4.78, 5) is 0. The quantitative estimate of drug-likeness (QED) is 0.660. The van der Waals surface area contributed by atoms with Crippen molar-refractivity contribution in [2.75, 3.05) is 0 Å². The zero-order valence-corrected chi connectivity index (χ0v) is 7.87. The lowest BCUT2D eigenvalue weighted by molar-refractivity contribution is -0.190. The average Bonchev–Trinajstić information content (AvgIpc) is 2.42. The largest absolute Gasteiger partial charge is 0.393 e. The summed E-state index contributed by atoms with van der Waals surface area (Å²) in [6, 6.07) is -0.622. The summed E-state index contributed by atoms with van der Waals surface area (Å²) in [6.45, 7) is 0. The summed E-state index contributed by atoms with van der Waals surface area (Å²) in [6.07, 6.45) is -1.74. The molecule has 0 saturated heterocycles. The third-order valence-corrected chi connectivity index (χ3v) is 3.36. The van der Waals surface area contributed by atoms with E-state index in [-0.39, 0.29) is 24.2 Å². The molecule has 5 heteroatoms. The normalized spacial score (nSPS) is 43.4. The molecule has 0 aromatic heterocycles. The maximum atomic E-state index is 12.4. The Bertz CT molecular complexity index is 192. The third kappa shape index (κ3) is 1.66. The SMILES string of the molecule is Cl.N[C@H]1[C@@H]2CC[C@@H](C2)[C@@H]1C(F)(F)F. The summed E-state index contributed by atoms with van der Waals surface area (Å²) >= 11 is 0. The van der Waals surface area contributed by atoms with Crippen LogP contribution in [0.1, 0.15) is 19.3 Å². The molecule has 1 nitrogen and oxygen atoms in total. The molecular formula is C8H13ClF3N. The fraction of sp³-hybridized carbons (Fsp3) is 1.00. The van der Waals surface area contributed by atoms with Crippen molar-refractivity contribution in [1.29, 1.82) is 0 Å². The van der Waals surface area contributed by atoms with Gasteiger partial charge in [-0.3, -0.25) is 0 Å². The van der Waals surface area contributed by atoms with Crippen LogP contribution < -0.4 is 5.73 Å². The highest BCUT2D eigenvalue weighted by atomic mass is 35.5. The van der Waals surface area contributed by atoms with Crippen LogP contribution in [0.15, 0.2) is 0 Å². The van der Waals surface area contributed by atoms with Gasteiger partial charge in [-0.15, -0.1) is 12.4 Å². The van der Waals surface area contributed by atoms with Gasteiger partial charge in [-0.2, -0.15) is 13.2 Å². The minimum atomic E-state index is -4.07. The second-order valence-corrected chi connectivity index (χ2v) is 3.98. The molecule has 2 aliphatic carbocycles. The molecule has 0 aromatic carbocycles. The number of hydrogen-bond donors (Lipinski definition) is 1. The summed E-state index contributed by atoms with van der Waals surface area (Å²) in [5.41, 5.74) is 5.53. The van der Waals surface area contributed by atoms with Crippen LogP contribution in [0.2, 0.25) is 0 Å². The van der Waals surface area contributed by atoms with Crippen molar-refractivity contribution >= 4 is 12.4 Å². The van der Waals surface area contributed by atoms with Crippen molar-refractivity contribution in [1.82, 2.24) is 0 Å².